The maximum Gasteiger partial charge on any atom is 0.303 e. The van der Waals surface area contributed by atoms with Crippen LogP contribution in [0.2, 0.25) is 0 Å². The Kier molecular flexibility index (Phi) is 6.93. The zero-order chi connectivity index (χ0) is 16.7. The maximum atomic E-state index is 12.4. The lowest BCUT2D eigenvalue weighted by molar-refractivity contribution is -0.147. The van der Waals surface area contributed by atoms with Crippen LogP contribution in [0.5, 0.6) is 0 Å². The number of carboxylic acid groups (broad SMARTS) is 1. The standard InChI is InChI=1S/C13H22N4O5/c14-5-1-2-9(13(22)8(15)3-4-12(20)21)17-7-10(18)16-6-11(17)19/h8-9H,1-7,14-15H2,(H,16,18)(H,20,21). The van der Waals surface area contributed by atoms with Crippen molar-refractivity contribution in [2.45, 2.75) is 37.8 Å². The highest BCUT2D eigenvalue weighted by molar-refractivity contribution is 5.98. The molecule has 0 aromatic heterocycles. The third kappa shape index (κ3) is 5.08. The Morgan fingerprint density at radius 2 is 2.00 bits per heavy atom. The van der Waals surface area contributed by atoms with Crippen LogP contribution in [0.25, 0.3) is 0 Å². The Morgan fingerprint density at radius 3 is 2.59 bits per heavy atom. The molecule has 2 amide bonds. The fourth-order valence-corrected chi connectivity index (χ4v) is 2.29. The molecule has 9 heteroatoms. The van der Waals surface area contributed by atoms with Crippen molar-refractivity contribution >= 4 is 23.6 Å². The van der Waals surface area contributed by atoms with E-state index in [1.54, 1.807) is 0 Å². The Labute approximate surface area is 128 Å². The molecule has 0 bridgehead atoms. The number of aliphatic carboxylic acids is 1. The molecule has 1 aliphatic heterocycles. The first kappa shape index (κ1) is 18.1. The smallest absolute Gasteiger partial charge is 0.303 e. The molecular formula is C13H22N4O5. The predicted octanol–water partition coefficient (Wildman–Crippen LogP) is -2.19. The van der Waals surface area contributed by atoms with Gasteiger partial charge < -0.3 is 26.8 Å². The second kappa shape index (κ2) is 8.44. The average molecular weight is 314 g/mol. The number of nitrogens with one attached hydrogen (secondary N) is 1. The van der Waals surface area contributed by atoms with E-state index in [4.69, 9.17) is 16.6 Å². The largest absolute Gasteiger partial charge is 0.481 e. The Bertz CT molecular complexity index is 454. The van der Waals surface area contributed by atoms with Gasteiger partial charge in [-0.05, 0) is 25.8 Å². The number of ketones is 1. The van der Waals surface area contributed by atoms with Crippen LogP contribution in [-0.2, 0) is 19.2 Å². The quantitative estimate of drug-likeness (QED) is 0.376. The van der Waals surface area contributed by atoms with Crippen LogP contribution in [0.1, 0.15) is 25.7 Å². The monoisotopic (exact) mass is 314 g/mol. The van der Waals surface area contributed by atoms with Crippen molar-refractivity contribution in [3.63, 3.8) is 0 Å². The highest BCUT2D eigenvalue weighted by atomic mass is 16.4. The van der Waals surface area contributed by atoms with Crippen molar-refractivity contribution in [1.82, 2.24) is 10.2 Å². The number of carbonyl (C=O) groups is 4. The number of rotatable bonds is 9. The lowest BCUT2D eigenvalue weighted by Crippen LogP contribution is -2.59. The minimum absolute atomic E-state index is 0.0124. The molecule has 2 unspecified atom stereocenters. The summed E-state index contributed by atoms with van der Waals surface area (Å²) in [6.07, 6.45) is 0.551. The van der Waals surface area contributed by atoms with Gasteiger partial charge in [-0.2, -0.15) is 0 Å². The summed E-state index contributed by atoms with van der Waals surface area (Å²) in [5.74, 6) is -2.18. The third-order valence-corrected chi connectivity index (χ3v) is 3.49. The van der Waals surface area contributed by atoms with Crippen LogP contribution in [0.4, 0.5) is 0 Å². The normalized spacial score (nSPS) is 17.8. The van der Waals surface area contributed by atoms with Crippen molar-refractivity contribution in [3.8, 4) is 0 Å². The van der Waals surface area contributed by atoms with E-state index < -0.39 is 23.8 Å². The Hall–Kier alpha value is -2.00. The molecule has 2 atom stereocenters. The molecule has 1 heterocycles. The van der Waals surface area contributed by atoms with E-state index in [9.17, 15) is 19.2 Å². The second-order valence-electron chi connectivity index (χ2n) is 5.19. The summed E-state index contributed by atoms with van der Waals surface area (Å²) in [6.45, 7) is -0.0244. The van der Waals surface area contributed by atoms with E-state index >= 15 is 0 Å². The maximum absolute atomic E-state index is 12.4. The van der Waals surface area contributed by atoms with E-state index in [1.807, 2.05) is 0 Å². The number of carboxylic acids is 1. The highest BCUT2D eigenvalue weighted by Gasteiger charge is 2.35. The van der Waals surface area contributed by atoms with Gasteiger partial charge in [-0.1, -0.05) is 0 Å². The minimum atomic E-state index is -1.05. The third-order valence-electron chi connectivity index (χ3n) is 3.49. The van der Waals surface area contributed by atoms with Crippen LogP contribution in [0.15, 0.2) is 0 Å². The van der Waals surface area contributed by atoms with Gasteiger partial charge >= 0.3 is 5.97 Å². The van der Waals surface area contributed by atoms with Gasteiger partial charge in [-0.25, -0.2) is 0 Å². The summed E-state index contributed by atoms with van der Waals surface area (Å²) in [7, 11) is 0. The van der Waals surface area contributed by atoms with Crippen LogP contribution >= 0.6 is 0 Å². The van der Waals surface area contributed by atoms with Gasteiger partial charge in [-0.15, -0.1) is 0 Å². The van der Waals surface area contributed by atoms with Crippen molar-refractivity contribution in [2.75, 3.05) is 19.6 Å². The van der Waals surface area contributed by atoms with Crippen LogP contribution < -0.4 is 16.8 Å². The first-order chi connectivity index (χ1) is 10.4. The van der Waals surface area contributed by atoms with E-state index in [0.29, 0.717) is 19.4 Å². The highest BCUT2D eigenvalue weighted by Crippen LogP contribution is 2.14. The summed E-state index contributed by atoms with van der Waals surface area (Å²) < 4.78 is 0. The van der Waals surface area contributed by atoms with E-state index in [-0.39, 0.29) is 37.7 Å². The number of hydrogen-bond acceptors (Lipinski definition) is 6. The SMILES string of the molecule is NCCCC(C(=O)C(N)CCC(=O)O)N1CC(=O)NCC1=O. The minimum Gasteiger partial charge on any atom is -0.481 e. The van der Waals surface area contributed by atoms with Crippen LogP contribution in [0, 0.1) is 0 Å². The van der Waals surface area contributed by atoms with Crippen molar-refractivity contribution in [2.24, 2.45) is 11.5 Å². The fourth-order valence-electron chi connectivity index (χ4n) is 2.29. The lowest BCUT2D eigenvalue weighted by Gasteiger charge is -2.34. The molecule has 1 fully saturated rings. The molecule has 9 nitrogen and oxygen atoms in total. The number of amides is 2. The summed E-state index contributed by atoms with van der Waals surface area (Å²) in [4.78, 5) is 47.6. The molecule has 1 saturated heterocycles. The molecule has 0 aromatic rings. The Morgan fingerprint density at radius 1 is 1.32 bits per heavy atom. The zero-order valence-electron chi connectivity index (χ0n) is 12.3. The topological polar surface area (TPSA) is 156 Å². The first-order valence-corrected chi connectivity index (χ1v) is 7.14. The van der Waals surface area contributed by atoms with Gasteiger partial charge in [0.15, 0.2) is 5.78 Å². The number of nitrogens with two attached hydrogens (primary N) is 2. The van der Waals surface area contributed by atoms with Gasteiger partial charge in [-0.3, -0.25) is 19.2 Å². The summed E-state index contributed by atoms with van der Waals surface area (Å²) in [6, 6.07) is -1.83. The summed E-state index contributed by atoms with van der Waals surface area (Å²) in [5, 5.41) is 11.1. The molecule has 6 N–H and O–H groups in total. The molecule has 1 rings (SSSR count). The number of nitrogens with zero attached hydrogens (tertiary/aromatic N) is 1. The number of hydrogen-bond donors (Lipinski definition) is 4. The van der Waals surface area contributed by atoms with Crippen molar-refractivity contribution in [3.05, 3.63) is 0 Å². The molecule has 124 valence electrons. The second-order valence-corrected chi connectivity index (χ2v) is 5.19. The molecule has 22 heavy (non-hydrogen) atoms. The van der Waals surface area contributed by atoms with Gasteiger partial charge in [0, 0.05) is 6.42 Å². The van der Waals surface area contributed by atoms with E-state index in [2.05, 4.69) is 5.32 Å². The number of piperazine rings is 1. The van der Waals surface area contributed by atoms with Gasteiger partial charge in [0.1, 0.15) is 6.54 Å². The summed E-state index contributed by atoms with van der Waals surface area (Å²) in [5.41, 5.74) is 11.2. The van der Waals surface area contributed by atoms with Crippen molar-refractivity contribution < 1.29 is 24.3 Å². The summed E-state index contributed by atoms with van der Waals surface area (Å²) >= 11 is 0. The molecule has 0 aliphatic carbocycles. The van der Waals surface area contributed by atoms with Gasteiger partial charge in [0.2, 0.25) is 11.8 Å². The van der Waals surface area contributed by atoms with E-state index in [0.717, 1.165) is 0 Å². The molecule has 1 aliphatic rings. The average Bonchev–Trinajstić information content (AvgIpc) is 2.48. The Balaban J connectivity index is 2.81. The molecule has 0 aromatic carbocycles. The molecular weight excluding hydrogens is 292 g/mol. The zero-order valence-corrected chi connectivity index (χ0v) is 12.3. The number of carbonyl (C=O) groups excluding carboxylic acids is 3. The molecule has 0 saturated carbocycles. The number of Topliss-reactive ketones (excluding diaryl/α,β-unsaturated/α-hetero) is 1. The predicted molar refractivity (Wildman–Crippen MR) is 76.7 cm³/mol. The van der Waals surface area contributed by atoms with E-state index in [1.165, 1.54) is 4.90 Å². The molecule has 0 spiro atoms. The van der Waals surface area contributed by atoms with Gasteiger partial charge in [0.25, 0.3) is 0 Å². The van der Waals surface area contributed by atoms with Gasteiger partial charge in [0.05, 0.1) is 18.6 Å². The lowest BCUT2D eigenvalue weighted by atomic mass is 9.96. The van der Waals surface area contributed by atoms with Crippen LogP contribution in [0.3, 0.4) is 0 Å². The first-order valence-electron chi connectivity index (χ1n) is 7.14. The van der Waals surface area contributed by atoms with Crippen molar-refractivity contribution in [1.29, 1.82) is 0 Å². The molecule has 0 radical (unpaired) electrons. The van der Waals surface area contributed by atoms with Crippen LogP contribution in [-0.4, -0.2) is 65.3 Å². The fraction of sp³-hybridized carbons (Fsp3) is 0.692.